The molecule has 5 heteroatoms. The molecule has 0 radical (unpaired) electrons. The van der Waals surface area contributed by atoms with Crippen LogP contribution in [0.5, 0.6) is 0 Å². The van der Waals surface area contributed by atoms with Gasteiger partial charge in [0.25, 0.3) is 0 Å². The zero-order chi connectivity index (χ0) is 8.39. The molecule has 0 unspecified atom stereocenters. The van der Waals surface area contributed by atoms with Gasteiger partial charge < -0.3 is 9.62 Å². The van der Waals surface area contributed by atoms with E-state index in [1.54, 1.807) is 12.1 Å². The second-order valence-corrected chi connectivity index (χ2v) is 2.19. The van der Waals surface area contributed by atoms with Crippen molar-refractivity contribution in [1.29, 1.82) is 0 Å². The molecule has 2 rings (SSSR count). The van der Waals surface area contributed by atoms with Crippen LogP contribution in [0.3, 0.4) is 0 Å². The largest absolute Gasteiger partial charge is 0.619 e. The van der Waals surface area contributed by atoms with Crippen LogP contribution in [0, 0.1) is 5.21 Å². The van der Waals surface area contributed by atoms with Gasteiger partial charge in [-0.15, -0.1) is 10.2 Å². The molecule has 0 bridgehead atoms. The van der Waals surface area contributed by atoms with Crippen molar-refractivity contribution >= 4 is 0 Å². The average Bonchev–Trinajstić information content (AvgIpc) is 2.58. The van der Waals surface area contributed by atoms with E-state index in [4.69, 9.17) is 4.42 Å². The molecular weight excluding hydrogens is 158 g/mol. The van der Waals surface area contributed by atoms with Gasteiger partial charge in [0.1, 0.15) is 0 Å². The maximum atomic E-state index is 10.6. The third-order valence-electron chi connectivity index (χ3n) is 1.41. The molecule has 2 aromatic rings. The van der Waals surface area contributed by atoms with E-state index < -0.39 is 0 Å². The van der Waals surface area contributed by atoms with Crippen molar-refractivity contribution in [1.82, 2.24) is 10.2 Å². The van der Waals surface area contributed by atoms with Crippen LogP contribution >= 0.6 is 0 Å². The van der Waals surface area contributed by atoms with Gasteiger partial charge in [0, 0.05) is 12.1 Å². The molecule has 0 saturated carbocycles. The Labute approximate surface area is 67.9 Å². The summed E-state index contributed by atoms with van der Waals surface area (Å²) >= 11 is 0. The number of hydrogen-bond acceptors (Lipinski definition) is 4. The highest BCUT2D eigenvalue weighted by Crippen LogP contribution is 2.12. The molecule has 5 nitrogen and oxygen atoms in total. The van der Waals surface area contributed by atoms with E-state index >= 15 is 0 Å². The van der Waals surface area contributed by atoms with E-state index in [9.17, 15) is 5.21 Å². The van der Waals surface area contributed by atoms with Crippen LogP contribution in [-0.2, 0) is 0 Å². The van der Waals surface area contributed by atoms with Gasteiger partial charge in [-0.2, -0.15) is 4.73 Å². The summed E-state index contributed by atoms with van der Waals surface area (Å²) in [5, 5.41) is 17.8. The van der Waals surface area contributed by atoms with Crippen LogP contribution in [0.25, 0.3) is 11.5 Å². The molecule has 2 heterocycles. The molecule has 0 aliphatic carbocycles. The maximum absolute atomic E-state index is 10.6. The minimum Gasteiger partial charge on any atom is -0.619 e. The number of hydrogen-bond donors (Lipinski definition) is 0. The van der Waals surface area contributed by atoms with Gasteiger partial charge in [0.15, 0.2) is 12.4 Å². The molecule has 0 saturated heterocycles. The topological polar surface area (TPSA) is 65.9 Å². The highest BCUT2D eigenvalue weighted by atomic mass is 16.5. The molecule has 0 fully saturated rings. The first-order chi connectivity index (χ1) is 5.86. The Bertz CT molecular complexity index is 355. The van der Waals surface area contributed by atoms with Crippen LogP contribution in [0.15, 0.2) is 35.3 Å². The predicted octanol–water partition coefficient (Wildman–Crippen LogP) is 0.370. The Morgan fingerprint density at radius 1 is 1.33 bits per heavy atom. The summed E-state index contributed by atoms with van der Waals surface area (Å²) in [5.74, 6) is 0.413. The maximum Gasteiger partial charge on any atom is 0.247 e. The van der Waals surface area contributed by atoms with E-state index in [1.165, 1.54) is 18.8 Å². The summed E-state index contributed by atoms with van der Waals surface area (Å²) in [4.78, 5) is 0. The minimum absolute atomic E-state index is 0.413. The first-order valence-corrected chi connectivity index (χ1v) is 3.31. The third-order valence-corrected chi connectivity index (χ3v) is 1.41. The van der Waals surface area contributed by atoms with Crippen LogP contribution in [0.1, 0.15) is 0 Å². The van der Waals surface area contributed by atoms with E-state index in [0.29, 0.717) is 10.6 Å². The minimum atomic E-state index is 0.413. The van der Waals surface area contributed by atoms with Crippen LogP contribution in [-0.4, -0.2) is 10.2 Å². The molecular formula is C7H5N3O2. The van der Waals surface area contributed by atoms with Crippen molar-refractivity contribution in [2.75, 3.05) is 0 Å². The monoisotopic (exact) mass is 163 g/mol. The molecule has 0 aliphatic heterocycles. The second-order valence-electron chi connectivity index (χ2n) is 2.19. The lowest BCUT2D eigenvalue weighted by atomic mass is 10.3. The Hall–Kier alpha value is -1.91. The van der Waals surface area contributed by atoms with Gasteiger partial charge in [0.05, 0.1) is 5.56 Å². The normalized spacial score (nSPS) is 10.0. The fourth-order valence-electron chi connectivity index (χ4n) is 0.854. The van der Waals surface area contributed by atoms with Gasteiger partial charge >= 0.3 is 0 Å². The van der Waals surface area contributed by atoms with Gasteiger partial charge in [0.2, 0.25) is 12.3 Å². The van der Waals surface area contributed by atoms with Crippen molar-refractivity contribution in [2.45, 2.75) is 0 Å². The first kappa shape index (κ1) is 6.78. The molecule has 12 heavy (non-hydrogen) atoms. The van der Waals surface area contributed by atoms with Gasteiger partial charge in [-0.05, 0) is 0 Å². The number of rotatable bonds is 1. The van der Waals surface area contributed by atoms with Gasteiger partial charge in [-0.1, -0.05) is 0 Å². The summed E-state index contributed by atoms with van der Waals surface area (Å²) in [6.45, 7) is 0. The quantitative estimate of drug-likeness (QED) is 0.450. The SMILES string of the molecule is [O-][n+]1ccc(-c2nnco2)cc1. The zero-order valence-corrected chi connectivity index (χ0v) is 6.04. The highest BCUT2D eigenvalue weighted by molar-refractivity contribution is 5.49. The number of aromatic nitrogens is 3. The predicted molar refractivity (Wildman–Crippen MR) is 38.7 cm³/mol. The van der Waals surface area contributed by atoms with Gasteiger partial charge in [-0.25, -0.2) is 0 Å². The Morgan fingerprint density at radius 2 is 2.08 bits per heavy atom. The molecule has 0 atom stereocenters. The van der Waals surface area contributed by atoms with E-state index in [-0.39, 0.29) is 0 Å². The van der Waals surface area contributed by atoms with E-state index in [0.717, 1.165) is 5.56 Å². The summed E-state index contributed by atoms with van der Waals surface area (Å²) in [7, 11) is 0. The number of pyridine rings is 1. The first-order valence-electron chi connectivity index (χ1n) is 3.31. The fraction of sp³-hybridized carbons (Fsp3) is 0. The lowest BCUT2D eigenvalue weighted by Gasteiger charge is -1.94. The van der Waals surface area contributed by atoms with E-state index in [1.807, 2.05) is 0 Å². The Morgan fingerprint density at radius 3 is 2.67 bits per heavy atom. The summed E-state index contributed by atoms with van der Waals surface area (Å²) < 4.78 is 5.62. The van der Waals surface area contributed by atoms with Crippen molar-refractivity contribution in [3.8, 4) is 11.5 Å². The standard InChI is InChI=1S/C7H5N3O2/c11-10-3-1-6(2-4-10)7-9-8-5-12-7/h1-5H. The van der Waals surface area contributed by atoms with Crippen molar-refractivity contribution in [3.05, 3.63) is 36.1 Å². The molecule has 2 aromatic heterocycles. The summed E-state index contributed by atoms with van der Waals surface area (Å²) in [5.41, 5.74) is 0.736. The lowest BCUT2D eigenvalue weighted by Crippen LogP contribution is -2.23. The molecule has 0 aliphatic rings. The Balaban J connectivity index is 2.43. The smallest absolute Gasteiger partial charge is 0.247 e. The zero-order valence-electron chi connectivity index (χ0n) is 6.04. The van der Waals surface area contributed by atoms with Crippen LogP contribution in [0.4, 0.5) is 0 Å². The fourth-order valence-corrected chi connectivity index (χ4v) is 0.854. The number of nitrogens with zero attached hydrogens (tertiary/aromatic N) is 3. The Kier molecular flexibility index (Phi) is 1.48. The lowest BCUT2D eigenvalue weighted by molar-refractivity contribution is -0.605. The highest BCUT2D eigenvalue weighted by Gasteiger charge is 2.03. The molecule has 0 spiro atoms. The van der Waals surface area contributed by atoms with Gasteiger partial charge in [-0.3, -0.25) is 0 Å². The van der Waals surface area contributed by atoms with Crippen LogP contribution in [0.2, 0.25) is 0 Å². The van der Waals surface area contributed by atoms with Crippen molar-refractivity contribution in [2.24, 2.45) is 0 Å². The third kappa shape index (κ3) is 1.12. The molecule has 0 amide bonds. The van der Waals surface area contributed by atoms with Crippen molar-refractivity contribution in [3.63, 3.8) is 0 Å². The summed E-state index contributed by atoms with van der Waals surface area (Å²) in [6, 6.07) is 3.22. The summed E-state index contributed by atoms with van der Waals surface area (Å²) in [6.07, 6.45) is 3.99. The van der Waals surface area contributed by atoms with Crippen molar-refractivity contribution < 1.29 is 9.15 Å². The second kappa shape index (κ2) is 2.61. The molecule has 0 aromatic carbocycles. The molecule has 0 N–H and O–H groups in total. The molecule has 60 valence electrons. The average molecular weight is 163 g/mol. The van der Waals surface area contributed by atoms with E-state index in [2.05, 4.69) is 10.2 Å². The van der Waals surface area contributed by atoms with Crippen LogP contribution < -0.4 is 4.73 Å².